The highest BCUT2D eigenvalue weighted by molar-refractivity contribution is 9.10. The van der Waals surface area contributed by atoms with Gasteiger partial charge in [0.2, 0.25) is 5.96 Å². The number of nitrogens with zero attached hydrogens (tertiary/aromatic N) is 3. The predicted octanol–water partition coefficient (Wildman–Crippen LogP) is 0.950. The molecule has 0 amide bonds. The van der Waals surface area contributed by atoms with Gasteiger partial charge in [-0.1, -0.05) is 0 Å². The maximum Gasteiger partial charge on any atom is 0.204 e. The zero-order valence-electron chi connectivity index (χ0n) is 10.2. The number of aryl methyl sites for hydroxylation is 1. The third kappa shape index (κ3) is 4.60. The molecule has 1 aromatic heterocycles. The Morgan fingerprint density at radius 3 is 2.89 bits per heavy atom. The van der Waals surface area contributed by atoms with E-state index in [4.69, 9.17) is 5.26 Å². The van der Waals surface area contributed by atoms with Gasteiger partial charge in [0.1, 0.15) is 0 Å². The number of hydrogen-bond acceptors (Lipinski definition) is 5. The zero-order chi connectivity index (χ0) is 13.4. The van der Waals surface area contributed by atoms with E-state index in [0.29, 0.717) is 12.5 Å². The van der Waals surface area contributed by atoms with Crippen LogP contribution in [0.4, 0.5) is 0 Å². The number of rotatable bonds is 5. The first-order chi connectivity index (χ1) is 8.69. The van der Waals surface area contributed by atoms with Gasteiger partial charge in [-0.25, -0.2) is 0 Å². The second kappa shape index (κ2) is 8.02. The fraction of sp³-hybridized carbons (Fsp3) is 0.500. The smallest absolute Gasteiger partial charge is 0.204 e. The molecule has 8 heteroatoms. The van der Waals surface area contributed by atoms with Crippen LogP contribution in [0.15, 0.2) is 9.47 Å². The Kier molecular flexibility index (Phi) is 6.64. The van der Waals surface area contributed by atoms with Gasteiger partial charge in [0.05, 0.1) is 15.0 Å². The largest absolute Gasteiger partial charge is 0.354 e. The average Bonchev–Trinajstić information content (AvgIpc) is 2.69. The third-order valence-electron chi connectivity index (χ3n) is 2.13. The van der Waals surface area contributed by atoms with Gasteiger partial charge in [0.15, 0.2) is 6.19 Å². The molecule has 0 spiro atoms. The van der Waals surface area contributed by atoms with Crippen LogP contribution in [-0.2, 0) is 6.54 Å². The van der Waals surface area contributed by atoms with Gasteiger partial charge in [-0.05, 0) is 34.4 Å². The first kappa shape index (κ1) is 14.9. The summed E-state index contributed by atoms with van der Waals surface area (Å²) in [7, 11) is 1.62. The minimum Gasteiger partial charge on any atom is -0.354 e. The van der Waals surface area contributed by atoms with Crippen molar-refractivity contribution in [1.29, 1.82) is 5.26 Å². The predicted molar refractivity (Wildman–Crippen MR) is 76.4 cm³/mol. The monoisotopic (exact) mass is 330 g/mol. The summed E-state index contributed by atoms with van der Waals surface area (Å²) in [6.45, 7) is 4.22. The van der Waals surface area contributed by atoms with Crippen molar-refractivity contribution >= 4 is 33.4 Å². The van der Waals surface area contributed by atoms with E-state index in [1.54, 1.807) is 7.05 Å². The van der Waals surface area contributed by atoms with Gasteiger partial charge in [-0.3, -0.25) is 10.3 Å². The summed E-state index contributed by atoms with van der Waals surface area (Å²) in [5, 5.41) is 17.2. The molecule has 0 aromatic carbocycles. The molecule has 18 heavy (non-hydrogen) atoms. The van der Waals surface area contributed by atoms with Crippen LogP contribution in [-0.4, -0.2) is 30.5 Å². The highest BCUT2D eigenvalue weighted by Crippen LogP contribution is 2.23. The van der Waals surface area contributed by atoms with Crippen molar-refractivity contribution < 1.29 is 0 Å². The van der Waals surface area contributed by atoms with E-state index < -0.39 is 0 Å². The van der Waals surface area contributed by atoms with Crippen LogP contribution in [0.3, 0.4) is 0 Å². The molecule has 0 radical (unpaired) electrons. The number of nitriles is 1. The summed E-state index contributed by atoms with van der Waals surface area (Å²) >= 11 is 5.00. The number of guanidine groups is 1. The summed E-state index contributed by atoms with van der Waals surface area (Å²) in [6, 6.07) is 0. The number of hydrogen-bond donors (Lipinski definition) is 3. The van der Waals surface area contributed by atoms with Crippen LogP contribution >= 0.6 is 27.5 Å². The summed E-state index contributed by atoms with van der Waals surface area (Å²) < 4.78 is 5.33. The van der Waals surface area contributed by atoms with E-state index in [1.165, 1.54) is 16.4 Å². The maximum absolute atomic E-state index is 8.44. The number of nitrogens with one attached hydrogen (secondary N) is 3. The molecule has 0 unspecified atom stereocenters. The molecular formula is C10H15BrN6S. The second-order valence-electron chi connectivity index (χ2n) is 3.42. The van der Waals surface area contributed by atoms with Crippen molar-refractivity contribution in [2.24, 2.45) is 4.99 Å². The summed E-state index contributed by atoms with van der Waals surface area (Å²) in [4.78, 5) is 5.07. The Morgan fingerprint density at radius 2 is 2.33 bits per heavy atom. The lowest BCUT2D eigenvalue weighted by atomic mass is 10.4. The molecule has 0 atom stereocenters. The fourth-order valence-electron chi connectivity index (χ4n) is 1.22. The molecule has 0 saturated carbocycles. The zero-order valence-corrected chi connectivity index (χ0v) is 12.7. The van der Waals surface area contributed by atoms with Crippen LogP contribution in [0.1, 0.15) is 10.6 Å². The second-order valence-corrected chi connectivity index (χ2v) is 5.07. The quantitative estimate of drug-likeness (QED) is 0.246. The van der Waals surface area contributed by atoms with Crippen LogP contribution in [0, 0.1) is 18.4 Å². The lowest BCUT2D eigenvalue weighted by Crippen LogP contribution is -2.38. The van der Waals surface area contributed by atoms with Gasteiger partial charge in [0.25, 0.3) is 0 Å². The van der Waals surface area contributed by atoms with Crippen molar-refractivity contribution in [3.63, 3.8) is 0 Å². The Labute approximate surface area is 119 Å². The summed E-state index contributed by atoms with van der Waals surface area (Å²) in [5.74, 6) is 0.481. The molecule has 1 rings (SSSR count). The van der Waals surface area contributed by atoms with Crippen molar-refractivity contribution in [2.75, 3.05) is 20.1 Å². The molecule has 98 valence electrons. The van der Waals surface area contributed by atoms with E-state index in [1.807, 2.05) is 13.1 Å². The molecule has 3 N–H and O–H groups in total. The molecular weight excluding hydrogens is 316 g/mol. The van der Waals surface area contributed by atoms with E-state index in [9.17, 15) is 0 Å². The summed E-state index contributed by atoms with van der Waals surface area (Å²) in [6.07, 6.45) is 1.82. The van der Waals surface area contributed by atoms with Gasteiger partial charge in [-0.2, -0.15) is 9.64 Å². The maximum atomic E-state index is 8.44. The highest BCUT2D eigenvalue weighted by Gasteiger charge is 2.06. The molecule has 1 aromatic rings. The first-order valence-electron chi connectivity index (χ1n) is 5.36. The van der Waals surface area contributed by atoms with Gasteiger partial charge < -0.3 is 10.6 Å². The lowest BCUT2D eigenvalue weighted by molar-refractivity contribution is 0.672. The van der Waals surface area contributed by atoms with Crippen molar-refractivity contribution in [3.8, 4) is 6.19 Å². The van der Waals surface area contributed by atoms with Crippen molar-refractivity contribution in [1.82, 2.24) is 20.3 Å². The molecule has 0 fully saturated rings. The van der Waals surface area contributed by atoms with Crippen LogP contribution in [0.5, 0.6) is 0 Å². The molecule has 0 saturated heterocycles. The number of aliphatic imine (C=N–C) groups is 1. The summed E-state index contributed by atoms with van der Waals surface area (Å²) in [5.41, 5.74) is 1.02. The third-order valence-corrected chi connectivity index (χ3v) is 4.38. The Hall–Kier alpha value is -1.17. The van der Waals surface area contributed by atoms with Crippen LogP contribution < -0.4 is 16.0 Å². The lowest BCUT2D eigenvalue weighted by Gasteiger charge is -2.07. The van der Waals surface area contributed by atoms with Gasteiger partial charge in [-0.15, -0.1) is 0 Å². The number of aromatic nitrogens is 1. The molecule has 0 aliphatic rings. The SMILES string of the molecule is CN=C(NC#N)NCCNCc1snc(C)c1Br. The molecule has 0 aliphatic heterocycles. The molecule has 6 nitrogen and oxygen atoms in total. The Morgan fingerprint density at radius 1 is 1.56 bits per heavy atom. The van der Waals surface area contributed by atoms with Gasteiger partial charge in [0, 0.05) is 26.7 Å². The van der Waals surface area contributed by atoms with Crippen molar-refractivity contribution in [2.45, 2.75) is 13.5 Å². The van der Waals surface area contributed by atoms with E-state index in [0.717, 1.165) is 23.3 Å². The van der Waals surface area contributed by atoms with Gasteiger partial charge >= 0.3 is 0 Å². The number of halogens is 1. The van der Waals surface area contributed by atoms with Crippen molar-refractivity contribution in [3.05, 3.63) is 15.0 Å². The van der Waals surface area contributed by atoms with E-state index >= 15 is 0 Å². The van der Waals surface area contributed by atoms with E-state index in [2.05, 4.69) is 41.2 Å². The molecule has 0 aliphatic carbocycles. The average molecular weight is 331 g/mol. The van der Waals surface area contributed by atoms with Crippen LogP contribution in [0.25, 0.3) is 0 Å². The minimum atomic E-state index is 0.481. The van der Waals surface area contributed by atoms with E-state index in [-0.39, 0.29) is 0 Å². The normalized spacial score (nSPS) is 11.1. The fourth-order valence-corrected chi connectivity index (χ4v) is 2.51. The topological polar surface area (TPSA) is 85.1 Å². The Balaban J connectivity index is 2.20. The molecule has 1 heterocycles. The first-order valence-corrected chi connectivity index (χ1v) is 6.92. The standard InChI is InChI=1S/C10H15BrN6S/c1-7-9(11)8(18-17-7)5-14-3-4-15-10(13-2)16-6-12/h14H,3-5H2,1-2H3,(H2,13,15,16). The minimum absolute atomic E-state index is 0.481. The molecule has 0 bridgehead atoms. The van der Waals surface area contributed by atoms with Crippen LogP contribution in [0.2, 0.25) is 0 Å². The Bertz CT molecular complexity index is 450. The highest BCUT2D eigenvalue weighted by atomic mass is 79.9.